The van der Waals surface area contributed by atoms with Crippen molar-refractivity contribution in [3.63, 3.8) is 0 Å². The van der Waals surface area contributed by atoms with Gasteiger partial charge in [-0.15, -0.1) is 0 Å². The monoisotopic (exact) mass is 301 g/mol. The maximum atomic E-state index is 11.6. The van der Waals surface area contributed by atoms with Crippen molar-refractivity contribution in [3.8, 4) is 0 Å². The summed E-state index contributed by atoms with van der Waals surface area (Å²) in [6, 6.07) is 1.64. The van der Waals surface area contributed by atoms with E-state index < -0.39 is 5.91 Å². The Labute approximate surface area is 104 Å². The molecule has 0 fully saturated rings. The number of carbonyl (C=O) groups excluding carboxylic acids is 1. The fraction of sp³-hybridized carbons (Fsp3) is 0. The molecule has 1 amide bonds. The first-order chi connectivity index (χ1) is 7.66. The van der Waals surface area contributed by atoms with Crippen molar-refractivity contribution in [1.82, 2.24) is 20.2 Å². The van der Waals surface area contributed by atoms with Crippen LogP contribution in [0.5, 0.6) is 0 Å². The number of aromatic amines is 1. The Morgan fingerprint density at radius 3 is 2.94 bits per heavy atom. The van der Waals surface area contributed by atoms with Crippen LogP contribution in [0.15, 0.2) is 23.1 Å². The quantitative estimate of drug-likeness (QED) is 0.830. The minimum atomic E-state index is -0.395. The topological polar surface area (TPSA) is 83.6 Å². The molecule has 0 atom stereocenters. The van der Waals surface area contributed by atoms with Crippen LogP contribution in [-0.4, -0.2) is 26.1 Å². The second-order valence-electron chi connectivity index (χ2n) is 2.78. The van der Waals surface area contributed by atoms with Gasteiger partial charge in [0.15, 0.2) is 0 Å². The smallest absolute Gasteiger partial charge is 0.293 e. The van der Waals surface area contributed by atoms with E-state index in [-0.39, 0.29) is 5.82 Å². The first-order valence-electron chi connectivity index (χ1n) is 4.14. The Kier molecular flexibility index (Phi) is 3.16. The van der Waals surface area contributed by atoms with Crippen molar-refractivity contribution < 1.29 is 4.79 Å². The van der Waals surface area contributed by atoms with Crippen LogP contribution in [0.1, 0.15) is 10.6 Å². The van der Waals surface area contributed by atoms with Crippen LogP contribution < -0.4 is 5.32 Å². The molecule has 0 bridgehead atoms. The lowest BCUT2D eigenvalue weighted by molar-refractivity contribution is 0.101. The maximum absolute atomic E-state index is 11.6. The van der Waals surface area contributed by atoms with Crippen molar-refractivity contribution in [2.75, 3.05) is 5.32 Å². The second kappa shape index (κ2) is 4.58. The number of nitrogens with zero attached hydrogens (tertiary/aromatic N) is 3. The number of rotatable bonds is 2. The molecule has 0 aliphatic rings. The van der Waals surface area contributed by atoms with Crippen LogP contribution in [0.3, 0.4) is 0 Å². The molecule has 0 aromatic carbocycles. The number of nitrogens with one attached hydrogen (secondary N) is 2. The Balaban J connectivity index is 2.15. The van der Waals surface area contributed by atoms with Crippen molar-refractivity contribution >= 4 is 39.1 Å². The van der Waals surface area contributed by atoms with Crippen LogP contribution in [0.4, 0.5) is 5.69 Å². The molecule has 0 spiro atoms. The Morgan fingerprint density at radius 1 is 1.50 bits per heavy atom. The summed E-state index contributed by atoms with van der Waals surface area (Å²) >= 11 is 8.92. The minimum Gasteiger partial charge on any atom is -0.318 e. The van der Waals surface area contributed by atoms with Gasteiger partial charge in [0.25, 0.3) is 5.91 Å². The normalized spacial score (nSPS) is 10.1. The molecule has 2 N–H and O–H groups in total. The molecule has 16 heavy (non-hydrogen) atoms. The van der Waals surface area contributed by atoms with Gasteiger partial charge in [-0.05, 0) is 22.0 Å². The lowest BCUT2D eigenvalue weighted by Gasteiger charge is -2.03. The van der Waals surface area contributed by atoms with Crippen LogP contribution in [0, 0.1) is 0 Å². The molecule has 0 saturated carbocycles. The van der Waals surface area contributed by atoms with Gasteiger partial charge in [0.05, 0.1) is 16.4 Å². The molecule has 2 heterocycles. The van der Waals surface area contributed by atoms with E-state index in [2.05, 4.69) is 41.4 Å². The number of amides is 1. The van der Waals surface area contributed by atoms with Gasteiger partial charge in [0.2, 0.25) is 5.82 Å². The van der Waals surface area contributed by atoms with Gasteiger partial charge >= 0.3 is 0 Å². The molecule has 0 saturated heterocycles. The highest BCUT2D eigenvalue weighted by molar-refractivity contribution is 9.10. The van der Waals surface area contributed by atoms with E-state index in [4.69, 9.17) is 11.6 Å². The molecule has 0 unspecified atom stereocenters. The highest BCUT2D eigenvalue weighted by Gasteiger charge is 2.09. The molecule has 2 aromatic heterocycles. The predicted octanol–water partition coefficient (Wildman–Crippen LogP) is 1.87. The van der Waals surface area contributed by atoms with Crippen LogP contribution >= 0.6 is 27.5 Å². The average molecular weight is 303 g/mol. The molecule has 0 aliphatic carbocycles. The summed E-state index contributed by atoms with van der Waals surface area (Å²) in [4.78, 5) is 19.1. The lowest BCUT2D eigenvalue weighted by Crippen LogP contribution is -2.13. The van der Waals surface area contributed by atoms with Crippen molar-refractivity contribution in [3.05, 3.63) is 34.0 Å². The van der Waals surface area contributed by atoms with Crippen LogP contribution in [0.25, 0.3) is 0 Å². The lowest BCUT2D eigenvalue weighted by atomic mass is 10.4. The molecule has 8 heteroatoms. The number of hydrogen-bond acceptors (Lipinski definition) is 4. The fourth-order valence-electron chi connectivity index (χ4n) is 0.995. The third kappa shape index (κ3) is 2.37. The molecular formula is C8H5BrClN5O. The van der Waals surface area contributed by atoms with E-state index in [1.165, 1.54) is 12.5 Å². The van der Waals surface area contributed by atoms with Gasteiger partial charge in [-0.3, -0.25) is 9.89 Å². The first-order valence-corrected chi connectivity index (χ1v) is 5.31. The number of aromatic nitrogens is 4. The van der Waals surface area contributed by atoms with Crippen LogP contribution in [0.2, 0.25) is 5.15 Å². The van der Waals surface area contributed by atoms with Crippen molar-refractivity contribution in [2.45, 2.75) is 0 Å². The van der Waals surface area contributed by atoms with Gasteiger partial charge in [0.1, 0.15) is 11.5 Å². The third-order valence-corrected chi connectivity index (χ3v) is 2.82. The third-order valence-electron chi connectivity index (χ3n) is 1.68. The zero-order chi connectivity index (χ0) is 11.5. The summed E-state index contributed by atoms with van der Waals surface area (Å²) in [5, 5.41) is 8.95. The molecule has 0 aliphatic heterocycles. The summed E-state index contributed by atoms with van der Waals surface area (Å²) < 4.78 is 0.601. The average Bonchev–Trinajstić information content (AvgIpc) is 2.77. The number of pyridine rings is 1. The van der Waals surface area contributed by atoms with E-state index in [0.29, 0.717) is 15.3 Å². The standard InChI is InChI=1S/C8H5BrClN5O/c9-5-1-4(2-11-6(5)10)14-8(16)7-12-3-13-15-7/h1-3H,(H,14,16)(H,12,13,15). The molecule has 2 aromatic rings. The van der Waals surface area contributed by atoms with E-state index in [0.717, 1.165) is 0 Å². The van der Waals surface area contributed by atoms with E-state index in [1.807, 2.05) is 0 Å². The zero-order valence-electron chi connectivity index (χ0n) is 7.74. The number of H-pyrrole nitrogens is 1. The number of hydrogen-bond donors (Lipinski definition) is 2. The fourth-order valence-corrected chi connectivity index (χ4v) is 1.45. The zero-order valence-corrected chi connectivity index (χ0v) is 10.1. The Bertz CT molecular complexity index is 515. The largest absolute Gasteiger partial charge is 0.318 e. The number of carbonyl (C=O) groups is 1. The number of halogens is 2. The summed E-state index contributed by atoms with van der Waals surface area (Å²) in [6.45, 7) is 0. The Morgan fingerprint density at radius 2 is 2.31 bits per heavy atom. The van der Waals surface area contributed by atoms with E-state index in [1.54, 1.807) is 6.07 Å². The Hall–Kier alpha value is -1.47. The first kappa shape index (κ1) is 11.0. The number of anilines is 1. The van der Waals surface area contributed by atoms with E-state index >= 15 is 0 Å². The maximum Gasteiger partial charge on any atom is 0.293 e. The second-order valence-corrected chi connectivity index (χ2v) is 4.00. The van der Waals surface area contributed by atoms with Gasteiger partial charge in [0, 0.05) is 0 Å². The summed E-state index contributed by atoms with van der Waals surface area (Å²) in [7, 11) is 0. The van der Waals surface area contributed by atoms with Gasteiger partial charge in [-0.25, -0.2) is 9.97 Å². The van der Waals surface area contributed by atoms with Crippen LogP contribution in [-0.2, 0) is 0 Å². The van der Waals surface area contributed by atoms with E-state index in [9.17, 15) is 4.79 Å². The van der Waals surface area contributed by atoms with Crippen molar-refractivity contribution in [2.24, 2.45) is 0 Å². The summed E-state index contributed by atoms with van der Waals surface area (Å²) in [6.07, 6.45) is 2.70. The summed E-state index contributed by atoms with van der Waals surface area (Å²) in [5.41, 5.74) is 0.512. The molecular weight excluding hydrogens is 297 g/mol. The highest BCUT2D eigenvalue weighted by Crippen LogP contribution is 2.22. The highest BCUT2D eigenvalue weighted by atomic mass is 79.9. The van der Waals surface area contributed by atoms with Gasteiger partial charge in [-0.2, -0.15) is 5.10 Å². The van der Waals surface area contributed by atoms with Gasteiger partial charge < -0.3 is 5.32 Å². The minimum absolute atomic E-state index is 0.131. The van der Waals surface area contributed by atoms with Crippen molar-refractivity contribution in [1.29, 1.82) is 0 Å². The molecule has 6 nitrogen and oxygen atoms in total. The molecule has 0 radical (unpaired) electrons. The summed E-state index contributed by atoms with van der Waals surface area (Å²) in [5.74, 6) is -0.264. The molecule has 82 valence electrons. The van der Waals surface area contributed by atoms with Gasteiger partial charge in [-0.1, -0.05) is 11.6 Å². The molecule has 2 rings (SSSR count). The predicted molar refractivity (Wildman–Crippen MR) is 61.3 cm³/mol. The SMILES string of the molecule is O=C(Nc1cnc(Cl)c(Br)c1)c1ncn[nH]1.